The molecule has 1 heterocycles. The molecule has 0 spiro atoms. The van der Waals surface area contributed by atoms with E-state index in [0.29, 0.717) is 0 Å². The molecule has 2 N–H and O–H groups in total. The summed E-state index contributed by atoms with van der Waals surface area (Å²) in [6, 6.07) is 2.33. The van der Waals surface area contributed by atoms with Crippen LogP contribution < -0.4 is 5.32 Å². The van der Waals surface area contributed by atoms with Crippen molar-refractivity contribution in [1.29, 1.82) is 0 Å². The van der Waals surface area contributed by atoms with Crippen LogP contribution in [0.1, 0.15) is 15.9 Å². The molecule has 2 rings (SSSR count). The summed E-state index contributed by atoms with van der Waals surface area (Å²) in [5.74, 6) is -2.64. The summed E-state index contributed by atoms with van der Waals surface area (Å²) in [6.07, 6.45) is 0. The van der Waals surface area contributed by atoms with Crippen LogP contribution in [0.25, 0.3) is 0 Å². The minimum absolute atomic E-state index is 0.0105. The number of methoxy groups -OCH3 is 2. The van der Waals surface area contributed by atoms with Crippen molar-refractivity contribution in [3.63, 3.8) is 0 Å². The zero-order valence-electron chi connectivity index (χ0n) is 14.6. The Balaban J connectivity index is 2.50. The van der Waals surface area contributed by atoms with Gasteiger partial charge in [-0.2, -0.15) is 0 Å². The second kappa shape index (κ2) is 7.96. The number of ether oxygens (including phenoxy) is 2. The molecule has 9 heteroatoms. The highest BCUT2D eigenvalue weighted by Crippen LogP contribution is 2.27. The molecule has 1 aromatic carbocycles. The first-order valence-electron chi connectivity index (χ1n) is 7.71. The molecule has 140 valence electrons. The number of esters is 2. The molecule has 0 atom stereocenters. The highest BCUT2D eigenvalue weighted by atomic mass is 19.1. The highest BCUT2D eigenvalue weighted by Gasteiger charge is 2.35. The molecule has 0 aliphatic carbocycles. The quantitative estimate of drug-likeness (QED) is 0.710. The van der Waals surface area contributed by atoms with Gasteiger partial charge in [0.1, 0.15) is 11.5 Å². The van der Waals surface area contributed by atoms with Gasteiger partial charge in [-0.1, -0.05) is 0 Å². The van der Waals surface area contributed by atoms with E-state index in [0.717, 1.165) is 13.2 Å². The molecule has 1 aliphatic rings. The second-order valence-electron chi connectivity index (χ2n) is 5.56. The molecule has 0 saturated carbocycles. The van der Waals surface area contributed by atoms with Crippen LogP contribution in [0.2, 0.25) is 0 Å². The first-order valence-corrected chi connectivity index (χ1v) is 7.71. The van der Waals surface area contributed by atoms with E-state index in [-0.39, 0.29) is 47.8 Å². The fraction of sp³-hybridized carbons (Fsp3) is 0.353. The van der Waals surface area contributed by atoms with Crippen molar-refractivity contribution in [3.8, 4) is 0 Å². The van der Waals surface area contributed by atoms with Gasteiger partial charge < -0.3 is 24.8 Å². The zero-order valence-corrected chi connectivity index (χ0v) is 14.6. The number of anilines is 1. The van der Waals surface area contributed by atoms with Gasteiger partial charge in [0.15, 0.2) is 0 Å². The summed E-state index contributed by atoms with van der Waals surface area (Å²) >= 11 is 0. The van der Waals surface area contributed by atoms with Crippen LogP contribution in [-0.2, 0) is 19.1 Å². The fourth-order valence-corrected chi connectivity index (χ4v) is 2.55. The number of aliphatic hydroxyl groups excluding tert-OH is 1. The van der Waals surface area contributed by atoms with Gasteiger partial charge in [0.25, 0.3) is 5.91 Å². The maximum Gasteiger partial charge on any atom is 0.339 e. The van der Waals surface area contributed by atoms with Crippen molar-refractivity contribution in [2.75, 3.05) is 39.2 Å². The summed E-state index contributed by atoms with van der Waals surface area (Å²) in [7, 11) is 2.34. The van der Waals surface area contributed by atoms with Crippen LogP contribution in [0.15, 0.2) is 23.4 Å². The molecule has 0 saturated heterocycles. The number of nitrogens with one attached hydrogen (secondary N) is 1. The Labute approximate surface area is 149 Å². The number of halogens is 1. The molecular formula is C17H19FN2O6. The number of carbonyl (C=O) groups excluding carboxylic acids is 3. The Kier molecular flexibility index (Phi) is 5.93. The predicted octanol–water partition coefficient (Wildman–Crippen LogP) is 0.594. The molecule has 1 aromatic rings. The summed E-state index contributed by atoms with van der Waals surface area (Å²) in [6.45, 7) is 1.13. The third-order valence-corrected chi connectivity index (χ3v) is 3.92. The third kappa shape index (κ3) is 3.67. The molecule has 0 radical (unpaired) electrons. The number of carbonyl (C=O) groups is 3. The monoisotopic (exact) mass is 366 g/mol. The summed E-state index contributed by atoms with van der Waals surface area (Å²) in [5.41, 5.74) is 0.0892. The second-order valence-corrected chi connectivity index (χ2v) is 5.56. The number of amides is 1. The fourth-order valence-electron chi connectivity index (χ4n) is 2.55. The van der Waals surface area contributed by atoms with Crippen LogP contribution in [0.3, 0.4) is 0 Å². The van der Waals surface area contributed by atoms with Gasteiger partial charge >= 0.3 is 11.9 Å². The molecule has 0 fully saturated rings. The van der Waals surface area contributed by atoms with Gasteiger partial charge in [-0.15, -0.1) is 0 Å². The Bertz CT molecular complexity index is 790. The standard InChI is InChI=1S/C17H19FN2O6/c1-9-6-10(16(23)25-2)13(7-12(9)18)19-14-11(17(24)26-3)8-20(4-5-21)15(14)22/h6-7,19,21H,4-5,8H2,1-3H3. The maximum atomic E-state index is 14.0. The van der Waals surface area contributed by atoms with Crippen molar-refractivity contribution < 1.29 is 33.4 Å². The average molecular weight is 366 g/mol. The number of aryl methyl sites for hydroxylation is 1. The van der Waals surface area contributed by atoms with Crippen LogP contribution in [0.5, 0.6) is 0 Å². The number of benzene rings is 1. The summed E-state index contributed by atoms with van der Waals surface area (Å²) in [4.78, 5) is 37.7. The van der Waals surface area contributed by atoms with Crippen LogP contribution >= 0.6 is 0 Å². The van der Waals surface area contributed by atoms with E-state index >= 15 is 0 Å². The van der Waals surface area contributed by atoms with E-state index in [2.05, 4.69) is 14.8 Å². The number of rotatable bonds is 6. The molecule has 8 nitrogen and oxygen atoms in total. The molecule has 26 heavy (non-hydrogen) atoms. The SMILES string of the molecule is COC(=O)C1=C(Nc2cc(F)c(C)cc2C(=O)OC)C(=O)N(CCO)C1. The van der Waals surface area contributed by atoms with Gasteiger partial charge in [-0.3, -0.25) is 4.79 Å². The lowest BCUT2D eigenvalue weighted by atomic mass is 10.1. The number of aliphatic hydroxyl groups is 1. The summed E-state index contributed by atoms with van der Waals surface area (Å²) in [5, 5.41) is 11.7. The largest absolute Gasteiger partial charge is 0.466 e. The Morgan fingerprint density at radius 3 is 2.50 bits per heavy atom. The number of β-amino-alcohol motifs (C(OH)–C–C–N with tert-alkyl or cyclic N) is 1. The highest BCUT2D eigenvalue weighted by molar-refractivity contribution is 6.09. The first-order chi connectivity index (χ1) is 12.3. The van der Waals surface area contributed by atoms with Gasteiger partial charge in [-0.05, 0) is 24.6 Å². The van der Waals surface area contributed by atoms with Crippen molar-refractivity contribution >= 4 is 23.5 Å². The van der Waals surface area contributed by atoms with Crippen molar-refractivity contribution in [2.45, 2.75) is 6.92 Å². The van der Waals surface area contributed by atoms with Gasteiger partial charge in [0, 0.05) is 6.54 Å². The van der Waals surface area contributed by atoms with E-state index in [1.54, 1.807) is 0 Å². The van der Waals surface area contributed by atoms with Crippen molar-refractivity contribution in [2.24, 2.45) is 0 Å². The topological polar surface area (TPSA) is 105 Å². The maximum absolute atomic E-state index is 14.0. The van der Waals surface area contributed by atoms with Crippen LogP contribution in [0, 0.1) is 12.7 Å². The van der Waals surface area contributed by atoms with Crippen molar-refractivity contribution in [1.82, 2.24) is 4.90 Å². The van der Waals surface area contributed by atoms with E-state index in [9.17, 15) is 18.8 Å². The molecule has 0 unspecified atom stereocenters. The van der Waals surface area contributed by atoms with E-state index in [4.69, 9.17) is 5.11 Å². The third-order valence-electron chi connectivity index (χ3n) is 3.92. The molecule has 0 aromatic heterocycles. The lowest BCUT2D eigenvalue weighted by Gasteiger charge is -2.16. The van der Waals surface area contributed by atoms with Crippen molar-refractivity contribution in [3.05, 3.63) is 40.3 Å². The lowest BCUT2D eigenvalue weighted by molar-refractivity contribution is -0.136. The Hall–Kier alpha value is -2.94. The minimum atomic E-state index is -0.742. The minimum Gasteiger partial charge on any atom is -0.466 e. The molecule has 1 aliphatic heterocycles. The lowest BCUT2D eigenvalue weighted by Crippen LogP contribution is -2.31. The summed E-state index contributed by atoms with van der Waals surface area (Å²) < 4.78 is 23.3. The van der Waals surface area contributed by atoms with Gasteiger partial charge in [-0.25, -0.2) is 14.0 Å². The number of hydrogen-bond acceptors (Lipinski definition) is 7. The average Bonchev–Trinajstić information content (AvgIpc) is 2.93. The molecule has 1 amide bonds. The predicted molar refractivity (Wildman–Crippen MR) is 88.8 cm³/mol. The Morgan fingerprint density at radius 1 is 1.27 bits per heavy atom. The zero-order chi connectivity index (χ0) is 19.4. The van der Waals surface area contributed by atoms with E-state index in [1.807, 2.05) is 0 Å². The van der Waals surface area contributed by atoms with Crippen LogP contribution in [-0.4, -0.2) is 61.8 Å². The molecule has 0 bridgehead atoms. The Morgan fingerprint density at radius 2 is 1.92 bits per heavy atom. The smallest absolute Gasteiger partial charge is 0.339 e. The van der Waals surface area contributed by atoms with E-state index < -0.39 is 23.7 Å². The van der Waals surface area contributed by atoms with Gasteiger partial charge in [0.05, 0.1) is 44.2 Å². The molecular weight excluding hydrogens is 347 g/mol. The number of hydrogen-bond donors (Lipinski definition) is 2. The van der Waals surface area contributed by atoms with Crippen LogP contribution in [0.4, 0.5) is 10.1 Å². The van der Waals surface area contributed by atoms with E-state index in [1.165, 1.54) is 25.0 Å². The number of nitrogens with zero attached hydrogens (tertiary/aromatic N) is 1. The first kappa shape index (κ1) is 19.4. The normalized spacial score (nSPS) is 13.9. The van der Waals surface area contributed by atoms with Gasteiger partial charge in [0.2, 0.25) is 0 Å².